The molecule has 2 aromatic rings. The Morgan fingerprint density at radius 3 is 2.65 bits per heavy atom. The van der Waals surface area contributed by atoms with Gasteiger partial charge >= 0.3 is 0 Å². The summed E-state index contributed by atoms with van der Waals surface area (Å²) in [5.41, 5.74) is 5.63. The number of hydrogen-bond donors (Lipinski definition) is 1. The normalized spacial score (nSPS) is 15.0. The Balaban J connectivity index is 1.51. The highest BCUT2D eigenvalue weighted by atomic mass is 16.1. The van der Waals surface area contributed by atoms with Crippen molar-refractivity contribution >= 4 is 5.91 Å². The summed E-state index contributed by atoms with van der Waals surface area (Å²) in [5.74, 6) is 0.890. The molecule has 166 valence electrons. The molecule has 1 fully saturated rings. The SMILES string of the molecule is Cc1nn(CCC#N)c(C)c1CCC(=O)NCc1ccccc1CN1CCC(C)CC1. The van der Waals surface area contributed by atoms with Gasteiger partial charge in [-0.3, -0.25) is 14.4 Å². The highest BCUT2D eigenvalue weighted by molar-refractivity contribution is 5.76. The molecule has 1 aliphatic heterocycles. The summed E-state index contributed by atoms with van der Waals surface area (Å²) in [4.78, 5) is 15.1. The smallest absolute Gasteiger partial charge is 0.220 e. The minimum Gasteiger partial charge on any atom is -0.352 e. The molecule has 31 heavy (non-hydrogen) atoms. The minimum absolute atomic E-state index is 0.0603. The van der Waals surface area contributed by atoms with Crippen LogP contribution in [0.1, 0.15) is 60.7 Å². The van der Waals surface area contributed by atoms with Crippen LogP contribution in [0.2, 0.25) is 0 Å². The van der Waals surface area contributed by atoms with Crippen molar-refractivity contribution in [2.75, 3.05) is 13.1 Å². The molecule has 0 bridgehead atoms. The lowest BCUT2D eigenvalue weighted by Crippen LogP contribution is -2.33. The fourth-order valence-corrected chi connectivity index (χ4v) is 4.34. The number of aromatic nitrogens is 2. The van der Waals surface area contributed by atoms with E-state index in [2.05, 4.69) is 46.5 Å². The molecular formula is C25H35N5O. The van der Waals surface area contributed by atoms with Crippen molar-refractivity contribution in [2.24, 2.45) is 5.92 Å². The summed E-state index contributed by atoms with van der Waals surface area (Å²) in [6, 6.07) is 10.6. The molecule has 0 radical (unpaired) electrons. The van der Waals surface area contributed by atoms with Crippen LogP contribution in [0.15, 0.2) is 24.3 Å². The summed E-state index contributed by atoms with van der Waals surface area (Å²) >= 11 is 0. The number of aryl methyl sites for hydroxylation is 2. The zero-order valence-corrected chi connectivity index (χ0v) is 19.2. The molecule has 0 atom stereocenters. The number of hydrogen-bond acceptors (Lipinski definition) is 4. The summed E-state index contributed by atoms with van der Waals surface area (Å²) in [6.45, 7) is 10.8. The van der Waals surface area contributed by atoms with Gasteiger partial charge in [-0.15, -0.1) is 0 Å². The Kier molecular flexibility index (Phi) is 8.25. The van der Waals surface area contributed by atoms with Gasteiger partial charge in [-0.25, -0.2) is 0 Å². The van der Waals surface area contributed by atoms with Crippen molar-refractivity contribution in [2.45, 2.75) is 72.5 Å². The molecule has 1 amide bonds. The number of carbonyl (C=O) groups is 1. The molecule has 0 aliphatic carbocycles. The minimum atomic E-state index is 0.0603. The van der Waals surface area contributed by atoms with E-state index < -0.39 is 0 Å². The van der Waals surface area contributed by atoms with Crippen molar-refractivity contribution in [3.8, 4) is 6.07 Å². The summed E-state index contributed by atoms with van der Waals surface area (Å²) < 4.78 is 1.88. The number of benzene rings is 1. The Labute approximate surface area is 186 Å². The maximum atomic E-state index is 12.5. The van der Waals surface area contributed by atoms with E-state index in [1.807, 2.05) is 24.6 Å². The average Bonchev–Trinajstić information content (AvgIpc) is 3.04. The number of amides is 1. The van der Waals surface area contributed by atoms with E-state index in [0.717, 1.165) is 42.5 Å². The predicted octanol–water partition coefficient (Wildman–Crippen LogP) is 3.89. The molecule has 1 saturated heterocycles. The summed E-state index contributed by atoms with van der Waals surface area (Å²) in [6.07, 6.45) is 4.09. The van der Waals surface area contributed by atoms with Crippen LogP contribution in [-0.2, 0) is 30.8 Å². The van der Waals surface area contributed by atoms with E-state index in [1.165, 1.54) is 24.0 Å². The second kappa shape index (κ2) is 11.1. The third kappa shape index (κ3) is 6.41. The van der Waals surface area contributed by atoms with E-state index in [4.69, 9.17) is 5.26 Å². The molecule has 0 saturated carbocycles. The summed E-state index contributed by atoms with van der Waals surface area (Å²) in [7, 11) is 0. The zero-order chi connectivity index (χ0) is 22.2. The van der Waals surface area contributed by atoms with Gasteiger partial charge in [-0.1, -0.05) is 31.2 Å². The van der Waals surface area contributed by atoms with Crippen LogP contribution in [0.25, 0.3) is 0 Å². The maximum Gasteiger partial charge on any atom is 0.220 e. The number of piperidine rings is 1. The maximum absolute atomic E-state index is 12.5. The number of nitrogens with zero attached hydrogens (tertiary/aromatic N) is 4. The Morgan fingerprint density at radius 2 is 1.94 bits per heavy atom. The van der Waals surface area contributed by atoms with E-state index in [0.29, 0.717) is 32.4 Å². The van der Waals surface area contributed by atoms with Crippen LogP contribution in [0.5, 0.6) is 0 Å². The summed E-state index contributed by atoms with van der Waals surface area (Å²) in [5, 5.41) is 16.4. The van der Waals surface area contributed by atoms with Gasteiger partial charge in [0, 0.05) is 25.2 Å². The predicted molar refractivity (Wildman–Crippen MR) is 122 cm³/mol. The second-order valence-corrected chi connectivity index (χ2v) is 8.78. The first-order valence-corrected chi connectivity index (χ1v) is 11.4. The zero-order valence-electron chi connectivity index (χ0n) is 19.2. The van der Waals surface area contributed by atoms with Crippen molar-refractivity contribution in [1.29, 1.82) is 5.26 Å². The topological polar surface area (TPSA) is 73.9 Å². The quantitative estimate of drug-likeness (QED) is 0.666. The van der Waals surface area contributed by atoms with Crippen molar-refractivity contribution in [3.05, 3.63) is 52.3 Å². The molecule has 0 spiro atoms. The lowest BCUT2D eigenvalue weighted by molar-refractivity contribution is -0.121. The fourth-order valence-electron chi connectivity index (χ4n) is 4.34. The molecule has 6 heteroatoms. The monoisotopic (exact) mass is 421 g/mol. The van der Waals surface area contributed by atoms with Gasteiger partial charge in [-0.05, 0) is 68.8 Å². The largest absolute Gasteiger partial charge is 0.352 e. The van der Waals surface area contributed by atoms with Crippen LogP contribution in [0.3, 0.4) is 0 Å². The first-order chi connectivity index (χ1) is 15.0. The molecular weight excluding hydrogens is 386 g/mol. The van der Waals surface area contributed by atoms with Crippen LogP contribution < -0.4 is 5.32 Å². The lowest BCUT2D eigenvalue weighted by atomic mass is 9.98. The molecule has 1 aromatic heterocycles. The van der Waals surface area contributed by atoms with Gasteiger partial charge < -0.3 is 5.32 Å². The van der Waals surface area contributed by atoms with Crippen LogP contribution in [-0.4, -0.2) is 33.7 Å². The van der Waals surface area contributed by atoms with Crippen molar-refractivity contribution in [1.82, 2.24) is 20.0 Å². The molecule has 1 aromatic carbocycles. The van der Waals surface area contributed by atoms with Gasteiger partial charge in [0.25, 0.3) is 0 Å². The van der Waals surface area contributed by atoms with E-state index in [9.17, 15) is 4.79 Å². The Morgan fingerprint density at radius 1 is 1.23 bits per heavy atom. The van der Waals surface area contributed by atoms with Gasteiger partial charge in [-0.2, -0.15) is 10.4 Å². The number of rotatable bonds is 9. The number of carbonyl (C=O) groups excluding carboxylic acids is 1. The van der Waals surface area contributed by atoms with Crippen molar-refractivity contribution in [3.63, 3.8) is 0 Å². The number of likely N-dealkylation sites (tertiary alicyclic amines) is 1. The third-order valence-corrected chi connectivity index (χ3v) is 6.43. The molecule has 1 N–H and O–H groups in total. The lowest BCUT2D eigenvalue weighted by Gasteiger charge is -2.30. The van der Waals surface area contributed by atoms with E-state index in [1.54, 1.807) is 0 Å². The van der Waals surface area contributed by atoms with Gasteiger partial charge in [0.05, 0.1) is 24.7 Å². The molecule has 3 rings (SSSR count). The van der Waals surface area contributed by atoms with Crippen LogP contribution >= 0.6 is 0 Å². The van der Waals surface area contributed by atoms with Crippen LogP contribution in [0, 0.1) is 31.1 Å². The first-order valence-electron chi connectivity index (χ1n) is 11.4. The molecule has 1 aliphatic rings. The highest BCUT2D eigenvalue weighted by Gasteiger charge is 2.17. The number of nitrogens with one attached hydrogen (secondary N) is 1. The molecule has 0 unspecified atom stereocenters. The first kappa shape index (κ1) is 23.0. The molecule has 6 nitrogen and oxygen atoms in total. The van der Waals surface area contributed by atoms with Gasteiger partial charge in [0.1, 0.15) is 0 Å². The number of nitriles is 1. The van der Waals surface area contributed by atoms with Gasteiger partial charge in [0.15, 0.2) is 0 Å². The Bertz CT molecular complexity index is 918. The Hall–Kier alpha value is -2.65. The average molecular weight is 422 g/mol. The molecule has 2 heterocycles. The third-order valence-electron chi connectivity index (χ3n) is 6.43. The van der Waals surface area contributed by atoms with E-state index in [-0.39, 0.29) is 5.91 Å². The standard InChI is InChI=1S/C25H35N5O/c1-19-11-15-29(16-12-19)18-23-8-5-4-7-22(23)17-27-25(31)10-9-24-20(2)28-30(21(24)3)14-6-13-26/h4-5,7-8,19H,6,9-12,14-18H2,1-3H3,(H,27,31). The van der Waals surface area contributed by atoms with Gasteiger partial charge in [0.2, 0.25) is 5.91 Å². The van der Waals surface area contributed by atoms with Crippen molar-refractivity contribution < 1.29 is 4.79 Å². The second-order valence-electron chi connectivity index (χ2n) is 8.78. The van der Waals surface area contributed by atoms with Crippen LogP contribution in [0.4, 0.5) is 0 Å². The fraction of sp³-hybridized carbons (Fsp3) is 0.560. The highest BCUT2D eigenvalue weighted by Crippen LogP contribution is 2.20. The van der Waals surface area contributed by atoms with E-state index >= 15 is 0 Å².